The fourth-order valence-electron chi connectivity index (χ4n) is 1.51. The molecule has 4 nitrogen and oxygen atoms in total. The van der Waals surface area contributed by atoms with E-state index in [9.17, 15) is 4.79 Å². The Bertz CT molecular complexity index is 311. The van der Waals surface area contributed by atoms with E-state index in [1.807, 2.05) is 31.1 Å². The zero-order valence-electron chi connectivity index (χ0n) is 9.17. The largest absolute Gasteiger partial charge is 0.480 e. The summed E-state index contributed by atoms with van der Waals surface area (Å²) in [4.78, 5) is 16.9. The molecule has 1 atom stereocenters. The van der Waals surface area contributed by atoms with E-state index >= 15 is 0 Å². The normalized spacial score (nSPS) is 13.4. The topological polar surface area (TPSA) is 53.4 Å². The molecule has 1 aromatic rings. The highest BCUT2D eigenvalue weighted by atomic mass is 32.1. The van der Waals surface area contributed by atoms with Gasteiger partial charge in [-0.3, -0.25) is 9.69 Å². The van der Waals surface area contributed by atoms with Crippen LogP contribution in [-0.4, -0.2) is 33.5 Å². The predicted molar refractivity (Wildman–Crippen MR) is 60.0 cm³/mol. The van der Waals surface area contributed by atoms with Crippen LogP contribution in [0.2, 0.25) is 0 Å². The zero-order valence-corrected chi connectivity index (χ0v) is 9.99. The van der Waals surface area contributed by atoms with E-state index in [4.69, 9.17) is 5.11 Å². The lowest BCUT2D eigenvalue weighted by Crippen LogP contribution is -2.37. The van der Waals surface area contributed by atoms with Crippen LogP contribution in [0.25, 0.3) is 0 Å². The maximum absolute atomic E-state index is 10.7. The number of thiazole rings is 1. The quantitative estimate of drug-likeness (QED) is 0.837. The smallest absolute Gasteiger partial charge is 0.317 e. The first-order valence-corrected chi connectivity index (χ1v) is 5.77. The summed E-state index contributed by atoms with van der Waals surface area (Å²) in [6.45, 7) is 6.03. The lowest BCUT2D eigenvalue weighted by molar-refractivity contribution is -0.139. The maximum Gasteiger partial charge on any atom is 0.317 e. The number of hydrogen-bond donors (Lipinski definition) is 1. The first-order valence-electron chi connectivity index (χ1n) is 4.89. The molecule has 0 bridgehead atoms. The summed E-state index contributed by atoms with van der Waals surface area (Å²) in [7, 11) is 0. The van der Waals surface area contributed by atoms with Gasteiger partial charge in [0, 0.05) is 17.6 Å². The summed E-state index contributed by atoms with van der Waals surface area (Å²) in [5.41, 5.74) is 0. The van der Waals surface area contributed by atoms with Crippen LogP contribution in [0.4, 0.5) is 0 Å². The van der Waals surface area contributed by atoms with Crippen LogP contribution in [-0.2, 0) is 4.79 Å². The summed E-state index contributed by atoms with van der Waals surface area (Å²) in [6, 6.07) is 0.251. The Morgan fingerprint density at radius 1 is 1.60 bits per heavy atom. The Labute approximate surface area is 93.6 Å². The van der Waals surface area contributed by atoms with Crippen molar-refractivity contribution >= 4 is 17.3 Å². The van der Waals surface area contributed by atoms with Gasteiger partial charge in [0.1, 0.15) is 5.01 Å². The third kappa shape index (κ3) is 3.28. The molecule has 5 heteroatoms. The van der Waals surface area contributed by atoms with Crippen molar-refractivity contribution in [1.29, 1.82) is 0 Å². The van der Waals surface area contributed by atoms with Gasteiger partial charge in [-0.25, -0.2) is 4.98 Å². The number of carbonyl (C=O) groups is 1. The minimum atomic E-state index is -0.799. The molecule has 1 aromatic heterocycles. The summed E-state index contributed by atoms with van der Waals surface area (Å²) in [5.74, 6) is -0.799. The first kappa shape index (κ1) is 12.1. The average Bonchev–Trinajstić information content (AvgIpc) is 2.65. The van der Waals surface area contributed by atoms with E-state index in [1.165, 1.54) is 0 Å². The Hall–Kier alpha value is -0.940. The second-order valence-corrected chi connectivity index (χ2v) is 4.63. The van der Waals surface area contributed by atoms with E-state index in [2.05, 4.69) is 4.98 Å². The van der Waals surface area contributed by atoms with Crippen molar-refractivity contribution in [3.8, 4) is 0 Å². The highest BCUT2D eigenvalue weighted by molar-refractivity contribution is 7.09. The number of aromatic nitrogens is 1. The number of aliphatic carboxylic acids is 1. The Morgan fingerprint density at radius 3 is 2.67 bits per heavy atom. The standard InChI is InChI=1S/C10H16N2O2S/c1-7(2)12(6-9(13)14)8(3)10-11-4-5-15-10/h4-5,7-8H,6H2,1-3H3,(H,13,14)/t8-/m1/s1. The maximum atomic E-state index is 10.7. The molecule has 0 saturated heterocycles. The van der Waals surface area contributed by atoms with Crippen molar-refractivity contribution < 1.29 is 9.90 Å². The molecule has 0 fully saturated rings. The molecule has 0 aliphatic carbocycles. The van der Waals surface area contributed by atoms with Gasteiger partial charge in [0.2, 0.25) is 0 Å². The van der Waals surface area contributed by atoms with Gasteiger partial charge < -0.3 is 5.11 Å². The molecule has 84 valence electrons. The molecule has 1 heterocycles. The van der Waals surface area contributed by atoms with E-state index < -0.39 is 5.97 Å². The lowest BCUT2D eigenvalue weighted by atomic mass is 10.2. The van der Waals surface area contributed by atoms with Gasteiger partial charge in [-0.2, -0.15) is 0 Å². The summed E-state index contributed by atoms with van der Waals surface area (Å²) >= 11 is 1.56. The SMILES string of the molecule is CC(C)N(CC(=O)O)[C@H](C)c1nccs1. The van der Waals surface area contributed by atoms with Gasteiger partial charge >= 0.3 is 5.97 Å². The van der Waals surface area contributed by atoms with Crippen molar-refractivity contribution in [3.63, 3.8) is 0 Å². The fourth-order valence-corrected chi connectivity index (χ4v) is 2.22. The van der Waals surface area contributed by atoms with Gasteiger partial charge in [-0.15, -0.1) is 11.3 Å². The molecule has 0 saturated carbocycles. The highest BCUT2D eigenvalue weighted by Gasteiger charge is 2.22. The van der Waals surface area contributed by atoms with E-state index in [0.29, 0.717) is 0 Å². The van der Waals surface area contributed by atoms with E-state index in [-0.39, 0.29) is 18.6 Å². The van der Waals surface area contributed by atoms with Crippen molar-refractivity contribution in [2.75, 3.05) is 6.54 Å². The number of carboxylic acid groups (broad SMARTS) is 1. The van der Waals surface area contributed by atoms with E-state index in [0.717, 1.165) is 5.01 Å². The Balaban J connectivity index is 2.76. The van der Waals surface area contributed by atoms with Crippen LogP contribution in [0.5, 0.6) is 0 Å². The molecule has 0 spiro atoms. The van der Waals surface area contributed by atoms with Crippen LogP contribution >= 0.6 is 11.3 Å². The second-order valence-electron chi connectivity index (χ2n) is 3.71. The molecular weight excluding hydrogens is 212 g/mol. The van der Waals surface area contributed by atoms with Crippen LogP contribution in [0.3, 0.4) is 0 Å². The molecular formula is C10H16N2O2S. The van der Waals surface area contributed by atoms with Crippen molar-refractivity contribution in [2.45, 2.75) is 32.9 Å². The van der Waals surface area contributed by atoms with Crippen LogP contribution in [0.15, 0.2) is 11.6 Å². The number of nitrogens with zero attached hydrogens (tertiary/aromatic N) is 2. The zero-order chi connectivity index (χ0) is 11.4. The minimum Gasteiger partial charge on any atom is -0.480 e. The second kappa shape index (κ2) is 5.23. The molecule has 0 radical (unpaired) electrons. The highest BCUT2D eigenvalue weighted by Crippen LogP contribution is 2.23. The molecule has 15 heavy (non-hydrogen) atoms. The molecule has 0 amide bonds. The third-order valence-corrected chi connectivity index (χ3v) is 3.23. The summed E-state index contributed by atoms with van der Waals surface area (Å²) in [5, 5.41) is 11.7. The minimum absolute atomic E-state index is 0.0540. The van der Waals surface area contributed by atoms with Crippen molar-refractivity contribution in [1.82, 2.24) is 9.88 Å². The van der Waals surface area contributed by atoms with Gasteiger partial charge in [-0.1, -0.05) is 0 Å². The molecule has 0 aliphatic heterocycles. The summed E-state index contributed by atoms with van der Waals surface area (Å²) < 4.78 is 0. The van der Waals surface area contributed by atoms with Gasteiger partial charge in [0.05, 0.1) is 12.6 Å². The monoisotopic (exact) mass is 228 g/mol. The Morgan fingerprint density at radius 2 is 2.27 bits per heavy atom. The Kier molecular flexibility index (Phi) is 4.23. The molecule has 1 N–H and O–H groups in total. The van der Waals surface area contributed by atoms with Gasteiger partial charge in [0.25, 0.3) is 0 Å². The number of carboxylic acids is 1. The lowest BCUT2D eigenvalue weighted by Gasteiger charge is -2.29. The predicted octanol–water partition coefficient (Wildman–Crippen LogP) is 2.00. The summed E-state index contributed by atoms with van der Waals surface area (Å²) in [6.07, 6.45) is 1.75. The van der Waals surface area contributed by atoms with Gasteiger partial charge in [0.15, 0.2) is 0 Å². The average molecular weight is 228 g/mol. The molecule has 1 rings (SSSR count). The number of rotatable bonds is 5. The molecule has 0 aliphatic rings. The van der Waals surface area contributed by atoms with Gasteiger partial charge in [-0.05, 0) is 20.8 Å². The molecule has 0 unspecified atom stereocenters. The van der Waals surface area contributed by atoms with E-state index in [1.54, 1.807) is 17.5 Å². The van der Waals surface area contributed by atoms with Crippen LogP contribution in [0, 0.1) is 0 Å². The van der Waals surface area contributed by atoms with Crippen molar-refractivity contribution in [3.05, 3.63) is 16.6 Å². The third-order valence-electron chi connectivity index (χ3n) is 2.29. The van der Waals surface area contributed by atoms with Crippen LogP contribution < -0.4 is 0 Å². The number of hydrogen-bond acceptors (Lipinski definition) is 4. The fraction of sp³-hybridized carbons (Fsp3) is 0.600. The molecule has 0 aromatic carbocycles. The van der Waals surface area contributed by atoms with Crippen molar-refractivity contribution in [2.24, 2.45) is 0 Å². The first-order chi connectivity index (χ1) is 7.02. The van der Waals surface area contributed by atoms with Crippen LogP contribution in [0.1, 0.15) is 31.8 Å².